The van der Waals surface area contributed by atoms with Crippen molar-refractivity contribution in [3.63, 3.8) is 0 Å². The molecule has 31 heavy (non-hydrogen) atoms. The molecule has 2 saturated heterocycles. The first-order valence-corrected chi connectivity index (χ1v) is 11.6. The number of para-hydroxylation sites is 1. The maximum absolute atomic E-state index is 13.2. The van der Waals surface area contributed by atoms with Crippen LogP contribution in [0.4, 0.5) is 10.8 Å². The van der Waals surface area contributed by atoms with Crippen molar-refractivity contribution in [1.82, 2.24) is 14.9 Å². The molecule has 2 fully saturated rings. The number of pyridine rings is 1. The zero-order valence-corrected chi connectivity index (χ0v) is 18.3. The predicted octanol–water partition coefficient (Wildman–Crippen LogP) is 2.96. The van der Waals surface area contributed by atoms with Crippen LogP contribution in [-0.4, -0.2) is 59.4 Å². The van der Waals surface area contributed by atoms with E-state index in [0.29, 0.717) is 26.1 Å². The number of carbonyl (C=O) groups is 2. The highest BCUT2D eigenvalue weighted by Gasteiger charge is 2.38. The number of carbonyl (C=O) groups excluding carboxylic acids is 2. The van der Waals surface area contributed by atoms with Gasteiger partial charge in [0.2, 0.25) is 11.8 Å². The molecule has 2 aromatic heterocycles. The minimum Gasteiger partial charge on any atom is -0.344 e. The fourth-order valence-electron chi connectivity index (χ4n) is 4.45. The van der Waals surface area contributed by atoms with Gasteiger partial charge < -0.3 is 14.7 Å². The largest absolute Gasteiger partial charge is 0.344 e. The number of aryl methyl sites for hydroxylation is 1. The van der Waals surface area contributed by atoms with Crippen LogP contribution in [0.2, 0.25) is 0 Å². The molecular formula is C23H25N5O2S. The number of fused-ring (bicyclic) bond motifs is 1. The van der Waals surface area contributed by atoms with Crippen LogP contribution in [0.1, 0.15) is 18.9 Å². The molecule has 5 rings (SSSR count). The molecule has 0 saturated carbocycles. The van der Waals surface area contributed by atoms with Crippen molar-refractivity contribution in [2.45, 2.75) is 19.8 Å². The zero-order valence-electron chi connectivity index (χ0n) is 17.5. The summed E-state index contributed by atoms with van der Waals surface area (Å²) in [6.07, 6.45) is 2.94. The summed E-state index contributed by atoms with van der Waals surface area (Å²) in [6, 6.07) is 11.8. The van der Waals surface area contributed by atoms with Gasteiger partial charge in [-0.1, -0.05) is 36.5 Å². The molecule has 4 heterocycles. The number of benzene rings is 1. The van der Waals surface area contributed by atoms with Crippen LogP contribution in [0.25, 0.3) is 10.3 Å². The number of nitrogens with zero attached hydrogens (tertiary/aromatic N) is 5. The zero-order chi connectivity index (χ0) is 21.4. The molecule has 0 N–H and O–H groups in total. The topological polar surface area (TPSA) is 69.6 Å². The average Bonchev–Trinajstić information content (AvgIpc) is 3.42. The standard InChI is InChI=1S/C23H25N5O2S/c1-2-16-6-3-4-8-19(16)28-15-17(14-20(28)29)22(30)26-10-12-27(13-11-26)23-25-18-7-5-9-24-21(18)31-23/h3-9,17H,2,10-15H2,1H3. The second kappa shape index (κ2) is 8.26. The van der Waals surface area contributed by atoms with Crippen molar-refractivity contribution in [3.05, 3.63) is 48.2 Å². The summed E-state index contributed by atoms with van der Waals surface area (Å²) in [7, 11) is 0. The second-order valence-electron chi connectivity index (χ2n) is 8.02. The van der Waals surface area contributed by atoms with E-state index in [2.05, 4.69) is 27.9 Å². The lowest BCUT2D eigenvalue weighted by Crippen LogP contribution is -2.50. The summed E-state index contributed by atoms with van der Waals surface area (Å²) in [5, 5.41) is 0.958. The number of hydrogen-bond donors (Lipinski definition) is 0. The maximum Gasteiger partial charge on any atom is 0.228 e. The van der Waals surface area contributed by atoms with Crippen molar-refractivity contribution < 1.29 is 9.59 Å². The Balaban J connectivity index is 1.23. The molecule has 1 unspecified atom stereocenters. The number of piperazine rings is 1. The smallest absolute Gasteiger partial charge is 0.228 e. The Morgan fingerprint density at radius 3 is 2.71 bits per heavy atom. The van der Waals surface area contributed by atoms with Crippen LogP contribution < -0.4 is 9.80 Å². The van der Waals surface area contributed by atoms with Gasteiger partial charge in [0, 0.05) is 51.0 Å². The molecule has 3 aromatic rings. The lowest BCUT2D eigenvalue weighted by molar-refractivity contribution is -0.136. The average molecular weight is 436 g/mol. The van der Waals surface area contributed by atoms with Gasteiger partial charge in [-0.05, 0) is 30.2 Å². The Hall–Kier alpha value is -3.00. The Bertz CT molecular complexity index is 1090. The van der Waals surface area contributed by atoms with Gasteiger partial charge in [0.1, 0.15) is 10.3 Å². The fourth-order valence-corrected chi connectivity index (χ4v) is 5.41. The van der Waals surface area contributed by atoms with Crippen LogP contribution in [0, 0.1) is 5.92 Å². The summed E-state index contributed by atoms with van der Waals surface area (Å²) in [5.41, 5.74) is 3.00. The number of rotatable bonds is 4. The highest BCUT2D eigenvalue weighted by Crippen LogP contribution is 2.31. The Morgan fingerprint density at radius 2 is 1.94 bits per heavy atom. The third-order valence-corrected chi connectivity index (χ3v) is 7.19. The molecular weight excluding hydrogens is 410 g/mol. The van der Waals surface area contributed by atoms with Gasteiger partial charge in [0.25, 0.3) is 0 Å². The molecule has 8 heteroatoms. The summed E-state index contributed by atoms with van der Waals surface area (Å²) in [4.78, 5) is 41.8. The summed E-state index contributed by atoms with van der Waals surface area (Å²) in [5.74, 6) is -0.133. The van der Waals surface area contributed by atoms with E-state index in [0.717, 1.165) is 46.2 Å². The molecule has 0 aliphatic carbocycles. The van der Waals surface area contributed by atoms with Crippen molar-refractivity contribution in [1.29, 1.82) is 0 Å². The van der Waals surface area contributed by atoms with Gasteiger partial charge in [-0.25, -0.2) is 9.97 Å². The number of thiazole rings is 1. The van der Waals surface area contributed by atoms with E-state index in [1.54, 1.807) is 22.4 Å². The van der Waals surface area contributed by atoms with E-state index in [1.807, 2.05) is 35.2 Å². The molecule has 0 bridgehead atoms. The first-order valence-electron chi connectivity index (χ1n) is 10.8. The van der Waals surface area contributed by atoms with Crippen molar-refractivity contribution >= 4 is 44.3 Å². The Morgan fingerprint density at radius 1 is 1.13 bits per heavy atom. The summed E-state index contributed by atoms with van der Waals surface area (Å²) >= 11 is 1.59. The number of anilines is 2. The fraction of sp³-hybridized carbons (Fsp3) is 0.391. The minimum absolute atomic E-state index is 0.0415. The highest BCUT2D eigenvalue weighted by atomic mass is 32.1. The molecule has 2 aliphatic heterocycles. The van der Waals surface area contributed by atoms with E-state index in [4.69, 9.17) is 0 Å². The summed E-state index contributed by atoms with van der Waals surface area (Å²) in [6.45, 7) is 5.35. The van der Waals surface area contributed by atoms with Gasteiger partial charge in [-0.2, -0.15) is 0 Å². The first-order chi connectivity index (χ1) is 15.1. The summed E-state index contributed by atoms with van der Waals surface area (Å²) < 4.78 is 0. The predicted molar refractivity (Wildman–Crippen MR) is 122 cm³/mol. The van der Waals surface area contributed by atoms with Crippen LogP contribution in [-0.2, 0) is 16.0 Å². The number of hydrogen-bond acceptors (Lipinski definition) is 6. The normalized spacial score (nSPS) is 19.5. The number of aromatic nitrogens is 2. The van der Waals surface area contributed by atoms with Crippen molar-refractivity contribution in [3.8, 4) is 0 Å². The van der Waals surface area contributed by atoms with Crippen molar-refractivity contribution in [2.24, 2.45) is 5.92 Å². The van der Waals surface area contributed by atoms with Gasteiger partial charge in [-0.15, -0.1) is 0 Å². The van der Waals surface area contributed by atoms with Crippen LogP contribution >= 0.6 is 11.3 Å². The van der Waals surface area contributed by atoms with Crippen LogP contribution in [0.3, 0.4) is 0 Å². The quantitative estimate of drug-likeness (QED) is 0.630. The lowest BCUT2D eigenvalue weighted by Gasteiger charge is -2.35. The maximum atomic E-state index is 13.2. The molecule has 1 atom stereocenters. The number of amides is 2. The Labute approximate surface area is 185 Å². The van der Waals surface area contributed by atoms with Crippen LogP contribution in [0.15, 0.2) is 42.6 Å². The van der Waals surface area contributed by atoms with Gasteiger partial charge in [0.05, 0.1) is 5.92 Å². The van der Waals surface area contributed by atoms with E-state index in [9.17, 15) is 9.59 Å². The molecule has 0 spiro atoms. The third-order valence-electron chi connectivity index (χ3n) is 6.15. The minimum atomic E-state index is -0.268. The third kappa shape index (κ3) is 3.76. The van der Waals surface area contributed by atoms with E-state index in [-0.39, 0.29) is 17.7 Å². The molecule has 160 valence electrons. The van der Waals surface area contributed by atoms with E-state index >= 15 is 0 Å². The van der Waals surface area contributed by atoms with Gasteiger partial charge in [0.15, 0.2) is 5.13 Å². The first kappa shape index (κ1) is 19.9. The molecule has 2 aliphatic rings. The molecule has 0 radical (unpaired) electrons. The van der Waals surface area contributed by atoms with Gasteiger partial charge >= 0.3 is 0 Å². The van der Waals surface area contributed by atoms with E-state index < -0.39 is 0 Å². The highest BCUT2D eigenvalue weighted by molar-refractivity contribution is 7.21. The SMILES string of the molecule is CCc1ccccc1N1CC(C(=O)N2CCN(c3nc4cccnc4s3)CC2)CC1=O. The van der Waals surface area contributed by atoms with Crippen molar-refractivity contribution in [2.75, 3.05) is 42.5 Å². The monoisotopic (exact) mass is 435 g/mol. The van der Waals surface area contributed by atoms with Crippen LogP contribution in [0.5, 0.6) is 0 Å². The molecule has 2 amide bonds. The lowest BCUT2D eigenvalue weighted by atomic mass is 10.1. The molecule has 1 aromatic carbocycles. The molecule has 7 nitrogen and oxygen atoms in total. The van der Waals surface area contributed by atoms with E-state index in [1.165, 1.54) is 0 Å². The van der Waals surface area contributed by atoms with Gasteiger partial charge in [-0.3, -0.25) is 9.59 Å². The second-order valence-corrected chi connectivity index (χ2v) is 8.98. The Kier molecular flexibility index (Phi) is 5.31.